The van der Waals surface area contributed by atoms with Crippen molar-refractivity contribution in [3.8, 4) is 0 Å². The molecule has 2 rings (SSSR count). The molecule has 1 aromatic rings. The van der Waals surface area contributed by atoms with Gasteiger partial charge >= 0.3 is 0 Å². The molecule has 0 saturated carbocycles. The molecule has 0 spiro atoms. The van der Waals surface area contributed by atoms with Gasteiger partial charge in [0.25, 0.3) is 0 Å². The second-order valence-electron chi connectivity index (χ2n) is 5.70. The van der Waals surface area contributed by atoms with Crippen molar-refractivity contribution in [2.75, 3.05) is 37.3 Å². The van der Waals surface area contributed by atoms with Crippen LogP contribution in [0.15, 0.2) is 18.2 Å². The average Bonchev–Trinajstić information content (AvgIpc) is 2.26. The smallest absolute Gasteiger partial charge is 0.0371 e. The molecule has 0 bridgehead atoms. The Morgan fingerprint density at radius 1 is 1.24 bits per heavy atom. The fourth-order valence-electron chi connectivity index (χ4n) is 2.32. The number of rotatable bonds is 1. The summed E-state index contributed by atoms with van der Waals surface area (Å²) in [5.41, 5.74) is 9.43. The summed E-state index contributed by atoms with van der Waals surface area (Å²) in [6.07, 6.45) is 0. The summed E-state index contributed by atoms with van der Waals surface area (Å²) >= 11 is 0. The highest BCUT2D eigenvalue weighted by atomic mass is 15.3. The number of anilines is 2. The lowest BCUT2D eigenvalue weighted by Crippen LogP contribution is -2.57. The van der Waals surface area contributed by atoms with Crippen LogP contribution in [0.2, 0.25) is 0 Å². The third kappa shape index (κ3) is 2.39. The molecule has 1 aromatic carbocycles. The normalized spacial score (nSPS) is 20.6. The van der Waals surface area contributed by atoms with E-state index in [0.717, 1.165) is 25.3 Å². The van der Waals surface area contributed by atoms with Gasteiger partial charge in [-0.25, -0.2) is 0 Å². The fourth-order valence-corrected chi connectivity index (χ4v) is 2.32. The number of nitrogens with zero attached hydrogens (tertiary/aromatic N) is 2. The zero-order valence-corrected chi connectivity index (χ0v) is 11.3. The number of nitrogens with two attached hydrogens (primary N) is 1. The third-order valence-corrected chi connectivity index (χ3v) is 3.94. The van der Waals surface area contributed by atoms with Crippen molar-refractivity contribution in [1.29, 1.82) is 0 Å². The maximum absolute atomic E-state index is 5.87. The maximum Gasteiger partial charge on any atom is 0.0371 e. The summed E-state index contributed by atoms with van der Waals surface area (Å²) < 4.78 is 0. The lowest BCUT2D eigenvalue weighted by atomic mass is 9.99. The number of likely N-dealkylation sites (N-methyl/N-ethyl adjacent to an activating group) is 1. The van der Waals surface area contributed by atoms with Gasteiger partial charge in [0.05, 0.1) is 0 Å². The predicted molar refractivity (Wildman–Crippen MR) is 74.5 cm³/mol. The third-order valence-electron chi connectivity index (χ3n) is 3.94. The molecule has 3 heteroatoms. The van der Waals surface area contributed by atoms with Gasteiger partial charge in [-0.05, 0) is 51.6 Å². The molecule has 94 valence electrons. The van der Waals surface area contributed by atoms with E-state index < -0.39 is 0 Å². The average molecular weight is 233 g/mol. The molecule has 1 aliphatic heterocycles. The van der Waals surface area contributed by atoms with Crippen LogP contribution in [0.3, 0.4) is 0 Å². The molecule has 2 N–H and O–H groups in total. The lowest BCUT2D eigenvalue weighted by Gasteiger charge is -2.46. The van der Waals surface area contributed by atoms with Crippen molar-refractivity contribution in [2.45, 2.75) is 26.3 Å². The number of benzene rings is 1. The van der Waals surface area contributed by atoms with Crippen LogP contribution in [-0.4, -0.2) is 37.1 Å². The largest absolute Gasteiger partial charge is 0.399 e. The predicted octanol–water partition coefficient (Wildman–Crippen LogP) is 2.11. The number of hydrogen-bond acceptors (Lipinski definition) is 3. The summed E-state index contributed by atoms with van der Waals surface area (Å²) in [6, 6.07) is 6.33. The van der Waals surface area contributed by atoms with Gasteiger partial charge in [0, 0.05) is 36.5 Å². The molecular formula is C14H23N3. The number of piperazine rings is 1. The molecule has 0 aromatic heterocycles. The molecule has 17 heavy (non-hydrogen) atoms. The van der Waals surface area contributed by atoms with E-state index in [1.807, 2.05) is 6.07 Å². The summed E-state index contributed by atoms with van der Waals surface area (Å²) in [5.74, 6) is 0. The van der Waals surface area contributed by atoms with E-state index in [4.69, 9.17) is 5.73 Å². The Labute approximate surface area is 104 Å². The van der Waals surface area contributed by atoms with Crippen LogP contribution in [0.5, 0.6) is 0 Å². The second-order valence-corrected chi connectivity index (χ2v) is 5.70. The Balaban J connectivity index is 2.21. The number of aryl methyl sites for hydroxylation is 1. The number of hydrogen-bond donors (Lipinski definition) is 1. The molecule has 1 aliphatic rings. The molecule has 0 amide bonds. The summed E-state index contributed by atoms with van der Waals surface area (Å²) in [4.78, 5) is 4.88. The maximum atomic E-state index is 5.87. The lowest BCUT2D eigenvalue weighted by molar-refractivity contribution is 0.139. The summed E-state index contributed by atoms with van der Waals surface area (Å²) in [6.45, 7) is 9.92. The van der Waals surface area contributed by atoms with Gasteiger partial charge in [-0.3, -0.25) is 4.90 Å². The van der Waals surface area contributed by atoms with Gasteiger partial charge in [0.1, 0.15) is 0 Å². The minimum absolute atomic E-state index is 0.230. The first-order valence-electron chi connectivity index (χ1n) is 6.22. The van der Waals surface area contributed by atoms with Gasteiger partial charge in [-0.2, -0.15) is 0 Å². The molecule has 1 saturated heterocycles. The Morgan fingerprint density at radius 2 is 1.94 bits per heavy atom. The number of nitrogen functional groups attached to an aromatic ring is 1. The first kappa shape index (κ1) is 12.2. The Kier molecular flexibility index (Phi) is 3.04. The second kappa shape index (κ2) is 4.22. The van der Waals surface area contributed by atoms with Crippen molar-refractivity contribution in [2.24, 2.45) is 0 Å². The molecule has 3 nitrogen and oxygen atoms in total. The minimum atomic E-state index is 0.230. The Hall–Kier alpha value is -1.22. The van der Waals surface area contributed by atoms with E-state index in [1.165, 1.54) is 11.3 Å². The molecule has 1 fully saturated rings. The van der Waals surface area contributed by atoms with Crippen molar-refractivity contribution in [3.05, 3.63) is 23.8 Å². The van der Waals surface area contributed by atoms with Crippen LogP contribution >= 0.6 is 0 Å². The van der Waals surface area contributed by atoms with Crippen LogP contribution in [0.25, 0.3) is 0 Å². The topological polar surface area (TPSA) is 32.5 Å². The highest BCUT2D eigenvalue weighted by Gasteiger charge is 2.31. The summed E-state index contributed by atoms with van der Waals surface area (Å²) in [5, 5.41) is 0. The van der Waals surface area contributed by atoms with Crippen LogP contribution < -0.4 is 10.6 Å². The van der Waals surface area contributed by atoms with Crippen LogP contribution in [0.4, 0.5) is 11.4 Å². The van der Waals surface area contributed by atoms with Gasteiger partial charge in [0.2, 0.25) is 0 Å². The Bertz CT molecular complexity index is 412. The van der Waals surface area contributed by atoms with Crippen LogP contribution in [-0.2, 0) is 0 Å². The van der Waals surface area contributed by atoms with Crippen molar-refractivity contribution < 1.29 is 0 Å². The zero-order valence-electron chi connectivity index (χ0n) is 11.3. The van der Waals surface area contributed by atoms with E-state index in [2.05, 4.69) is 49.8 Å². The van der Waals surface area contributed by atoms with E-state index in [-0.39, 0.29) is 5.54 Å². The highest BCUT2D eigenvalue weighted by Crippen LogP contribution is 2.26. The van der Waals surface area contributed by atoms with Gasteiger partial charge in [-0.15, -0.1) is 0 Å². The van der Waals surface area contributed by atoms with Gasteiger partial charge < -0.3 is 10.6 Å². The van der Waals surface area contributed by atoms with E-state index in [0.29, 0.717) is 0 Å². The molecule has 0 unspecified atom stereocenters. The van der Waals surface area contributed by atoms with Crippen molar-refractivity contribution in [1.82, 2.24) is 4.90 Å². The molecule has 1 heterocycles. The first-order chi connectivity index (χ1) is 7.90. The first-order valence-corrected chi connectivity index (χ1v) is 6.22. The van der Waals surface area contributed by atoms with E-state index >= 15 is 0 Å². The van der Waals surface area contributed by atoms with Gasteiger partial charge in [0.15, 0.2) is 0 Å². The minimum Gasteiger partial charge on any atom is -0.399 e. The highest BCUT2D eigenvalue weighted by molar-refractivity contribution is 5.58. The van der Waals surface area contributed by atoms with Crippen LogP contribution in [0, 0.1) is 6.92 Å². The van der Waals surface area contributed by atoms with Crippen molar-refractivity contribution in [3.63, 3.8) is 0 Å². The van der Waals surface area contributed by atoms with E-state index in [9.17, 15) is 0 Å². The summed E-state index contributed by atoms with van der Waals surface area (Å²) in [7, 11) is 2.20. The van der Waals surface area contributed by atoms with Gasteiger partial charge in [-0.1, -0.05) is 0 Å². The molecule has 0 radical (unpaired) electrons. The quantitative estimate of drug-likeness (QED) is 0.754. The molecule has 0 atom stereocenters. The monoisotopic (exact) mass is 233 g/mol. The van der Waals surface area contributed by atoms with Crippen molar-refractivity contribution >= 4 is 11.4 Å². The Morgan fingerprint density at radius 3 is 2.53 bits per heavy atom. The molecule has 0 aliphatic carbocycles. The van der Waals surface area contributed by atoms with E-state index in [1.54, 1.807) is 0 Å². The zero-order chi connectivity index (χ0) is 12.6. The fraction of sp³-hybridized carbons (Fsp3) is 0.571. The standard InChI is InChI=1S/C14H23N3/c1-11-9-12(5-6-13(11)15)17-8-7-16(4)14(2,3)10-17/h5-6,9H,7-8,10,15H2,1-4H3. The SMILES string of the molecule is Cc1cc(N2CCN(C)C(C)(C)C2)ccc1N. The molecular weight excluding hydrogens is 210 g/mol. The van der Waals surface area contributed by atoms with Crippen LogP contribution in [0.1, 0.15) is 19.4 Å².